The smallest absolute Gasteiger partial charge is 0.220 e. The maximum Gasteiger partial charge on any atom is 0.220 e. The fourth-order valence-electron chi connectivity index (χ4n) is 1.79. The van der Waals surface area contributed by atoms with Gasteiger partial charge in [0.2, 0.25) is 5.91 Å². The highest BCUT2D eigenvalue weighted by Gasteiger charge is 2.10. The standard InChI is InChI=1S/C15H19N3O2/c1-11(9-16)18-14(19)7-8-15-17-10-13(20-15)12-5-3-2-4-6-12/h2-6,10-11H,7-9,16H2,1H3,(H,18,19)/t11-/m0/s1. The zero-order valence-electron chi connectivity index (χ0n) is 11.5. The first-order chi connectivity index (χ1) is 9.69. The van der Waals surface area contributed by atoms with Gasteiger partial charge in [-0.15, -0.1) is 0 Å². The Bertz CT molecular complexity index is 551. The summed E-state index contributed by atoms with van der Waals surface area (Å²) in [7, 11) is 0. The number of amides is 1. The van der Waals surface area contributed by atoms with Crippen molar-refractivity contribution in [1.29, 1.82) is 0 Å². The predicted molar refractivity (Wildman–Crippen MR) is 76.9 cm³/mol. The third-order valence-corrected chi connectivity index (χ3v) is 2.94. The van der Waals surface area contributed by atoms with Crippen molar-refractivity contribution in [3.8, 4) is 11.3 Å². The molecule has 3 N–H and O–H groups in total. The summed E-state index contributed by atoms with van der Waals surface area (Å²) in [6, 6.07) is 9.74. The van der Waals surface area contributed by atoms with Gasteiger partial charge >= 0.3 is 0 Å². The molecule has 1 atom stereocenters. The van der Waals surface area contributed by atoms with Crippen LogP contribution in [0.5, 0.6) is 0 Å². The van der Waals surface area contributed by atoms with Crippen molar-refractivity contribution in [2.75, 3.05) is 6.54 Å². The summed E-state index contributed by atoms with van der Waals surface area (Å²) in [5.74, 6) is 1.25. The molecule has 1 amide bonds. The number of hydrogen-bond acceptors (Lipinski definition) is 4. The van der Waals surface area contributed by atoms with Crippen LogP contribution < -0.4 is 11.1 Å². The third-order valence-electron chi connectivity index (χ3n) is 2.94. The maximum atomic E-state index is 11.6. The van der Waals surface area contributed by atoms with Crippen LogP contribution in [0.25, 0.3) is 11.3 Å². The third kappa shape index (κ3) is 3.93. The molecular formula is C15H19N3O2. The summed E-state index contributed by atoms with van der Waals surface area (Å²) >= 11 is 0. The minimum Gasteiger partial charge on any atom is -0.441 e. The van der Waals surface area contributed by atoms with Crippen molar-refractivity contribution in [2.24, 2.45) is 5.73 Å². The number of aromatic nitrogens is 1. The molecule has 1 heterocycles. The van der Waals surface area contributed by atoms with Crippen molar-refractivity contribution in [3.63, 3.8) is 0 Å². The lowest BCUT2D eigenvalue weighted by Crippen LogP contribution is -2.37. The first-order valence-electron chi connectivity index (χ1n) is 6.68. The Morgan fingerprint density at radius 1 is 1.40 bits per heavy atom. The van der Waals surface area contributed by atoms with Gasteiger partial charge in [0, 0.05) is 31.0 Å². The van der Waals surface area contributed by atoms with E-state index in [1.54, 1.807) is 6.20 Å². The van der Waals surface area contributed by atoms with Gasteiger partial charge < -0.3 is 15.5 Å². The van der Waals surface area contributed by atoms with Crippen LogP contribution in [0.2, 0.25) is 0 Å². The normalized spacial score (nSPS) is 12.1. The fraction of sp³-hybridized carbons (Fsp3) is 0.333. The first-order valence-corrected chi connectivity index (χ1v) is 6.68. The first kappa shape index (κ1) is 14.3. The second-order valence-electron chi connectivity index (χ2n) is 4.69. The number of benzene rings is 1. The quantitative estimate of drug-likeness (QED) is 0.840. The van der Waals surface area contributed by atoms with E-state index in [2.05, 4.69) is 10.3 Å². The van der Waals surface area contributed by atoms with Crippen LogP contribution in [0.15, 0.2) is 40.9 Å². The molecule has 2 rings (SSSR count). The van der Waals surface area contributed by atoms with Crippen molar-refractivity contribution in [3.05, 3.63) is 42.4 Å². The minimum atomic E-state index is -0.0394. The van der Waals surface area contributed by atoms with E-state index in [0.29, 0.717) is 25.3 Å². The highest BCUT2D eigenvalue weighted by molar-refractivity contribution is 5.76. The Morgan fingerprint density at radius 2 is 2.15 bits per heavy atom. The van der Waals surface area contributed by atoms with E-state index in [-0.39, 0.29) is 11.9 Å². The Balaban J connectivity index is 1.89. The molecule has 0 saturated carbocycles. The summed E-state index contributed by atoms with van der Waals surface area (Å²) in [6.07, 6.45) is 2.51. The molecular weight excluding hydrogens is 254 g/mol. The summed E-state index contributed by atoms with van der Waals surface area (Å²) < 4.78 is 5.64. The summed E-state index contributed by atoms with van der Waals surface area (Å²) in [5.41, 5.74) is 6.43. The average molecular weight is 273 g/mol. The molecule has 106 valence electrons. The molecule has 5 heteroatoms. The largest absolute Gasteiger partial charge is 0.441 e. The van der Waals surface area contributed by atoms with E-state index >= 15 is 0 Å². The molecule has 2 aromatic rings. The number of nitrogens with zero attached hydrogens (tertiary/aromatic N) is 1. The lowest BCUT2D eigenvalue weighted by atomic mass is 10.2. The zero-order chi connectivity index (χ0) is 14.4. The molecule has 0 radical (unpaired) electrons. The number of carbonyl (C=O) groups excluding carboxylic acids is 1. The van der Waals surface area contributed by atoms with Gasteiger partial charge in [-0.25, -0.2) is 4.98 Å². The molecule has 1 aromatic heterocycles. The van der Waals surface area contributed by atoms with E-state index in [0.717, 1.165) is 11.3 Å². The van der Waals surface area contributed by atoms with Crippen LogP contribution >= 0.6 is 0 Å². The highest BCUT2D eigenvalue weighted by atomic mass is 16.4. The van der Waals surface area contributed by atoms with Crippen LogP contribution in [0, 0.1) is 0 Å². The number of nitrogens with one attached hydrogen (secondary N) is 1. The molecule has 0 aliphatic heterocycles. The van der Waals surface area contributed by atoms with Gasteiger partial charge in [-0.2, -0.15) is 0 Å². The number of hydrogen-bond donors (Lipinski definition) is 2. The molecule has 0 aliphatic carbocycles. The Kier molecular flexibility index (Phi) is 4.90. The molecule has 0 unspecified atom stereocenters. The van der Waals surface area contributed by atoms with E-state index in [9.17, 15) is 4.79 Å². The van der Waals surface area contributed by atoms with E-state index in [1.165, 1.54) is 0 Å². The van der Waals surface area contributed by atoms with Crippen LogP contribution in [0.4, 0.5) is 0 Å². The Morgan fingerprint density at radius 3 is 2.85 bits per heavy atom. The highest BCUT2D eigenvalue weighted by Crippen LogP contribution is 2.20. The monoisotopic (exact) mass is 273 g/mol. The maximum absolute atomic E-state index is 11.6. The topological polar surface area (TPSA) is 81.1 Å². The second kappa shape index (κ2) is 6.86. The number of carbonyl (C=O) groups is 1. The molecule has 1 aromatic carbocycles. The molecule has 5 nitrogen and oxygen atoms in total. The van der Waals surface area contributed by atoms with Gasteiger partial charge in [-0.3, -0.25) is 4.79 Å². The SMILES string of the molecule is C[C@@H](CN)NC(=O)CCc1ncc(-c2ccccc2)o1. The fourth-order valence-corrected chi connectivity index (χ4v) is 1.79. The van der Waals surface area contributed by atoms with Crippen LogP contribution in [-0.2, 0) is 11.2 Å². The number of rotatable bonds is 6. The van der Waals surface area contributed by atoms with Crippen LogP contribution in [0.1, 0.15) is 19.2 Å². The minimum absolute atomic E-state index is 0.00746. The van der Waals surface area contributed by atoms with E-state index < -0.39 is 0 Å². The van der Waals surface area contributed by atoms with Crippen molar-refractivity contribution >= 4 is 5.91 Å². The lowest BCUT2D eigenvalue weighted by molar-refractivity contribution is -0.121. The summed E-state index contributed by atoms with van der Waals surface area (Å²) in [6.45, 7) is 2.31. The number of nitrogens with two attached hydrogens (primary N) is 1. The Labute approximate surface area is 118 Å². The molecule has 0 saturated heterocycles. The van der Waals surface area contributed by atoms with E-state index in [4.69, 9.17) is 10.2 Å². The average Bonchev–Trinajstić information content (AvgIpc) is 2.95. The van der Waals surface area contributed by atoms with Crippen molar-refractivity contribution in [1.82, 2.24) is 10.3 Å². The van der Waals surface area contributed by atoms with Crippen LogP contribution in [0.3, 0.4) is 0 Å². The zero-order valence-corrected chi connectivity index (χ0v) is 11.5. The van der Waals surface area contributed by atoms with Crippen molar-refractivity contribution < 1.29 is 9.21 Å². The van der Waals surface area contributed by atoms with Gasteiger partial charge in [-0.1, -0.05) is 30.3 Å². The molecule has 0 bridgehead atoms. The summed E-state index contributed by atoms with van der Waals surface area (Å²) in [5, 5.41) is 2.80. The van der Waals surface area contributed by atoms with Gasteiger partial charge in [0.25, 0.3) is 0 Å². The lowest BCUT2D eigenvalue weighted by Gasteiger charge is -2.10. The molecule has 20 heavy (non-hydrogen) atoms. The van der Waals surface area contributed by atoms with Gasteiger partial charge in [0.05, 0.1) is 6.20 Å². The second-order valence-corrected chi connectivity index (χ2v) is 4.69. The van der Waals surface area contributed by atoms with Gasteiger partial charge in [0.15, 0.2) is 11.7 Å². The van der Waals surface area contributed by atoms with Crippen LogP contribution in [-0.4, -0.2) is 23.5 Å². The molecule has 0 fully saturated rings. The van der Waals surface area contributed by atoms with E-state index in [1.807, 2.05) is 37.3 Å². The van der Waals surface area contributed by atoms with Gasteiger partial charge in [0.1, 0.15) is 0 Å². The Hall–Kier alpha value is -2.14. The molecule has 0 spiro atoms. The molecule has 0 aliphatic rings. The predicted octanol–water partition coefficient (Wildman–Crippen LogP) is 1.74. The van der Waals surface area contributed by atoms with Gasteiger partial charge in [-0.05, 0) is 6.92 Å². The summed E-state index contributed by atoms with van der Waals surface area (Å²) in [4.78, 5) is 15.8. The van der Waals surface area contributed by atoms with Crippen molar-refractivity contribution in [2.45, 2.75) is 25.8 Å². The number of aryl methyl sites for hydroxylation is 1. The number of oxazole rings is 1.